The Hall–Kier alpha value is -1.85. The monoisotopic (exact) mass is 300 g/mol. The van der Waals surface area contributed by atoms with Crippen molar-refractivity contribution in [2.24, 2.45) is 0 Å². The van der Waals surface area contributed by atoms with Gasteiger partial charge >= 0.3 is 0 Å². The van der Waals surface area contributed by atoms with E-state index in [-0.39, 0.29) is 6.04 Å². The fourth-order valence-electron chi connectivity index (χ4n) is 3.50. The lowest BCUT2D eigenvalue weighted by atomic mass is 10.0. The van der Waals surface area contributed by atoms with Crippen LogP contribution in [0.4, 0.5) is 10.1 Å². The average molecular weight is 300 g/mol. The molecule has 2 aliphatic heterocycles. The summed E-state index contributed by atoms with van der Waals surface area (Å²) in [4.78, 5) is 2.20. The number of halogens is 1. The summed E-state index contributed by atoms with van der Waals surface area (Å²) in [5.41, 5.74) is 2.29. The number of benzene rings is 1. The molecule has 0 bridgehead atoms. The van der Waals surface area contributed by atoms with Crippen LogP contribution in [0.5, 0.6) is 0 Å². The van der Waals surface area contributed by atoms with Crippen molar-refractivity contribution in [2.45, 2.75) is 18.6 Å². The molecule has 1 fully saturated rings. The highest BCUT2D eigenvalue weighted by Gasteiger charge is 2.27. The van der Waals surface area contributed by atoms with E-state index in [2.05, 4.69) is 56.6 Å². The van der Waals surface area contributed by atoms with Gasteiger partial charge in [0.1, 0.15) is 6.17 Å². The zero-order valence-electron chi connectivity index (χ0n) is 12.5. The Morgan fingerprint density at radius 2 is 2.14 bits per heavy atom. The van der Waals surface area contributed by atoms with Gasteiger partial charge in [-0.2, -0.15) is 0 Å². The molecule has 2 aliphatic rings. The maximum Gasteiger partial charge on any atom is 0.133 e. The molecule has 4 rings (SSSR count). The number of hydrogen-bond acceptors (Lipinski definition) is 3. The van der Waals surface area contributed by atoms with Crippen molar-refractivity contribution in [3.63, 3.8) is 0 Å². The number of anilines is 1. The molecule has 116 valence electrons. The second-order valence-electron chi connectivity index (χ2n) is 5.98. The van der Waals surface area contributed by atoms with Crippen LogP contribution in [0.25, 0.3) is 10.9 Å². The molecule has 2 aromatic rings. The van der Waals surface area contributed by atoms with Crippen molar-refractivity contribution in [1.29, 1.82) is 0 Å². The molecule has 3 heterocycles. The maximum atomic E-state index is 14.3. The predicted octanol–water partition coefficient (Wildman–Crippen LogP) is 2.39. The van der Waals surface area contributed by atoms with Crippen molar-refractivity contribution in [1.82, 2.24) is 15.2 Å². The van der Waals surface area contributed by atoms with E-state index in [1.54, 1.807) is 0 Å². The molecule has 4 nitrogen and oxygen atoms in total. The summed E-state index contributed by atoms with van der Waals surface area (Å²) in [7, 11) is 0. The topological polar surface area (TPSA) is 32.2 Å². The third-order valence-electron chi connectivity index (χ3n) is 4.61. The van der Waals surface area contributed by atoms with Crippen LogP contribution in [0, 0.1) is 0 Å². The molecule has 0 aliphatic carbocycles. The van der Waals surface area contributed by atoms with E-state index in [1.165, 1.54) is 11.1 Å². The highest BCUT2D eigenvalue weighted by Crippen LogP contribution is 2.32. The number of hydrogen-bond donors (Lipinski definition) is 2. The van der Waals surface area contributed by atoms with Crippen LogP contribution in [0.3, 0.4) is 0 Å². The Kier molecular flexibility index (Phi) is 3.60. The summed E-state index contributed by atoms with van der Waals surface area (Å²) in [6.07, 6.45) is 6.28. The third-order valence-corrected chi connectivity index (χ3v) is 4.61. The second kappa shape index (κ2) is 5.74. The second-order valence-corrected chi connectivity index (χ2v) is 5.98. The summed E-state index contributed by atoms with van der Waals surface area (Å²) < 4.78 is 16.4. The van der Waals surface area contributed by atoms with E-state index in [0.29, 0.717) is 6.54 Å². The van der Waals surface area contributed by atoms with Crippen molar-refractivity contribution in [3.8, 4) is 0 Å². The number of rotatable bonds is 2. The first-order valence-electron chi connectivity index (χ1n) is 7.93. The van der Waals surface area contributed by atoms with Crippen LogP contribution in [0.15, 0.2) is 42.7 Å². The van der Waals surface area contributed by atoms with Gasteiger partial charge < -0.3 is 14.8 Å². The van der Waals surface area contributed by atoms with Gasteiger partial charge in [0, 0.05) is 30.9 Å². The highest BCUT2D eigenvalue weighted by molar-refractivity contribution is 5.93. The molecular weight excluding hydrogens is 279 g/mol. The molecule has 0 radical (unpaired) electrons. The van der Waals surface area contributed by atoms with Crippen LogP contribution in [-0.2, 0) is 0 Å². The minimum atomic E-state index is -0.829. The Balaban J connectivity index is 1.76. The van der Waals surface area contributed by atoms with Crippen molar-refractivity contribution in [2.75, 3.05) is 31.2 Å². The molecule has 2 atom stereocenters. The number of nitrogens with zero attached hydrogens (tertiary/aromatic N) is 2. The van der Waals surface area contributed by atoms with Crippen LogP contribution in [0.1, 0.15) is 12.5 Å². The molecule has 1 aromatic carbocycles. The standard InChI is InChI=1S/C17H21FN4/c18-14-11-19-8-5-17(14)22-10-6-13-15(3-1-4-16(13)22)21-9-2-7-20-12-21/h1-4,6,9-10,14,17,19-20H,5,7-8,11-12H2/t14-,17+/m1/s1. The molecule has 22 heavy (non-hydrogen) atoms. The molecule has 1 aromatic heterocycles. The smallest absolute Gasteiger partial charge is 0.133 e. The normalized spacial score (nSPS) is 25.8. The fourth-order valence-corrected chi connectivity index (χ4v) is 3.50. The average Bonchev–Trinajstić information content (AvgIpc) is 3.00. The molecule has 5 heteroatoms. The molecule has 0 saturated carbocycles. The molecule has 2 N–H and O–H groups in total. The van der Waals surface area contributed by atoms with Gasteiger partial charge in [-0.05, 0) is 31.2 Å². The van der Waals surface area contributed by atoms with Crippen molar-refractivity contribution >= 4 is 16.6 Å². The van der Waals surface area contributed by atoms with E-state index in [1.807, 2.05) is 6.20 Å². The quantitative estimate of drug-likeness (QED) is 0.893. The third kappa shape index (κ3) is 2.30. The van der Waals surface area contributed by atoms with Gasteiger partial charge in [-0.25, -0.2) is 4.39 Å². The Labute approximate surface area is 129 Å². The molecule has 0 unspecified atom stereocenters. The predicted molar refractivity (Wildman–Crippen MR) is 87.8 cm³/mol. The molecule has 1 saturated heterocycles. The van der Waals surface area contributed by atoms with Gasteiger partial charge in [-0.15, -0.1) is 0 Å². The Morgan fingerprint density at radius 1 is 1.18 bits per heavy atom. The first-order chi connectivity index (χ1) is 10.8. The summed E-state index contributed by atoms with van der Waals surface area (Å²) in [5.74, 6) is 0. The maximum absolute atomic E-state index is 14.3. The lowest BCUT2D eigenvalue weighted by Crippen LogP contribution is -2.39. The lowest BCUT2D eigenvalue weighted by Gasteiger charge is -2.29. The fraction of sp³-hybridized carbons (Fsp3) is 0.412. The largest absolute Gasteiger partial charge is 0.341 e. The SMILES string of the molecule is F[C@@H]1CNCC[C@@H]1n1ccc2c(N3C=CCNC3)cccc21. The van der Waals surface area contributed by atoms with E-state index in [4.69, 9.17) is 0 Å². The molecule has 0 amide bonds. The first kappa shape index (κ1) is 13.8. The highest BCUT2D eigenvalue weighted by atomic mass is 19.1. The Bertz CT molecular complexity index is 693. The van der Waals surface area contributed by atoms with Gasteiger partial charge in [0.25, 0.3) is 0 Å². The summed E-state index contributed by atoms with van der Waals surface area (Å²) in [6.45, 7) is 3.04. The summed E-state index contributed by atoms with van der Waals surface area (Å²) in [6, 6.07) is 8.32. The van der Waals surface area contributed by atoms with E-state index in [0.717, 1.165) is 31.7 Å². The molecule has 0 spiro atoms. The zero-order chi connectivity index (χ0) is 14.9. The minimum Gasteiger partial charge on any atom is -0.341 e. The van der Waals surface area contributed by atoms with Crippen LogP contribution in [0.2, 0.25) is 0 Å². The first-order valence-corrected chi connectivity index (χ1v) is 7.93. The van der Waals surface area contributed by atoms with Gasteiger partial charge in [0.15, 0.2) is 0 Å². The van der Waals surface area contributed by atoms with E-state index in [9.17, 15) is 4.39 Å². The summed E-state index contributed by atoms with van der Waals surface area (Å²) in [5, 5.41) is 7.64. The number of alkyl halides is 1. The van der Waals surface area contributed by atoms with Crippen LogP contribution < -0.4 is 15.5 Å². The number of aromatic nitrogens is 1. The summed E-state index contributed by atoms with van der Waals surface area (Å²) >= 11 is 0. The minimum absolute atomic E-state index is 0.0657. The van der Waals surface area contributed by atoms with E-state index < -0.39 is 6.17 Å². The van der Waals surface area contributed by atoms with Gasteiger partial charge in [-0.1, -0.05) is 12.1 Å². The number of nitrogens with one attached hydrogen (secondary N) is 2. The molecular formula is C17H21FN4. The van der Waals surface area contributed by atoms with Gasteiger partial charge in [-0.3, -0.25) is 5.32 Å². The van der Waals surface area contributed by atoms with Crippen LogP contribution in [-0.4, -0.2) is 37.0 Å². The number of fused-ring (bicyclic) bond motifs is 1. The van der Waals surface area contributed by atoms with E-state index >= 15 is 0 Å². The Morgan fingerprint density at radius 3 is 2.95 bits per heavy atom. The van der Waals surface area contributed by atoms with Crippen molar-refractivity contribution in [3.05, 3.63) is 42.7 Å². The van der Waals surface area contributed by atoms with Crippen molar-refractivity contribution < 1.29 is 4.39 Å². The zero-order valence-corrected chi connectivity index (χ0v) is 12.5. The van der Waals surface area contributed by atoms with Gasteiger partial charge in [0.05, 0.1) is 23.9 Å². The van der Waals surface area contributed by atoms with Crippen LogP contribution >= 0.6 is 0 Å². The number of piperidine rings is 1. The lowest BCUT2D eigenvalue weighted by molar-refractivity contribution is 0.187. The van der Waals surface area contributed by atoms with Gasteiger partial charge in [0.2, 0.25) is 0 Å².